The highest BCUT2D eigenvalue weighted by Gasteiger charge is 2.16. The van der Waals surface area contributed by atoms with E-state index in [0.29, 0.717) is 0 Å². The molecule has 0 N–H and O–H groups in total. The molecule has 6 heteroatoms. The monoisotopic (exact) mass is 229 g/mol. The normalized spacial score (nSPS) is 9.73. The summed E-state index contributed by atoms with van der Waals surface area (Å²) in [6, 6.07) is 3.74. The summed E-state index contributed by atoms with van der Waals surface area (Å²) in [4.78, 5) is 20.8. The van der Waals surface area contributed by atoms with Crippen LogP contribution >= 0.6 is 11.6 Å². The number of hydrogen-bond acceptors (Lipinski definition) is 4. The van der Waals surface area contributed by atoms with E-state index in [2.05, 4.69) is 0 Å². The van der Waals surface area contributed by atoms with Gasteiger partial charge >= 0.3 is 5.69 Å². The van der Waals surface area contributed by atoms with E-state index < -0.39 is 10.2 Å². The van der Waals surface area contributed by atoms with Crippen molar-refractivity contribution in [3.63, 3.8) is 0 Å². The summed E-state index contributed by atoms with van der Waals surface area (Å²) in [5.74, 6) is 0.0500. The first kappa shape index (κ1) is 11.5. The number of carbonyl (C=O) groups is 1. The molecule has 15 heavy (non-hydrogen) atoms. The van der Waals surface area contributed by atoms with E-state index in [1.807, 2.05) is 0 Å². The molecule has 0 aromatic heterocycles. The van der Waals surface area contributed by atoms with E-state index in [1.54, 1.807) is 6.92 Å². The quantitative estimate of drug-likeness (QED) is 0.452. The Labute approximate surface area is 90.8 Å². The number of halogens is 1. The molecule has 0 atom stereocenters. The van der Waals surface area contributed by atoms with E-state index in [1.165, 1.54) is 18.2 Å². The first-order valence-electron chi connectivity index (χ1n) is 4.17. The lowest BCUT2D eigenvalue weighted by molar-refractivity contribution is -0.385. The van der Waals surface area contributed by atoms with Gasteiger partial charge in [0.25, 0.3) is 5.24 Å². The Hall–Kier alpha value is -1.62. The molecule has 0 aliphatic heterocycles. The molecule has 0 fully saturated rings. The second-order valence-electron chi connectivity index (χ2n) is 2.65. The third-order valence-electron chi connectivity index (χ3n) is 1.68. The van der Waals surface area contributed by atoms with Crippen molar-refractivity contribution in [2.45, 2.75) is 6.92 Å². The Morgan fingerprint density at radius 1 is 1.60 bits per heavy atom. The maximum Gasteiger partial charge on any atom is 0.310 e. The third kappa shape index (κ3) is 2.66. The van der Waals surface area contributed by atoms with Crippen LogP contribution in [0.3, 0.4) is 0 Å². The summed E-state index contributed by atoms with van der Waals surface area (Å²) >= 11 is 5.24. The van der Waals surface area contributed by atoms with Gasteiger partial charge in [0.05, 0.1) is 11.5 Å². The van der Waals surface area contributed by atoms with Gasteiger partial charge in [-0.05, 0) is 30.7 Å². The Balaban J connectivity index is 3.20. The standard InChI is InChI=1S/C9H8ClNO4/c1-2-15-8-5-6(9(10)12)3-4-7(8)11(13)14/h3-5H,2H2,1H3. The number of nitrogens with zero attached hydrogens (tertiary/aromatic N) is 1. The average Bonchev–Trinajstić information content (AvgIpc) is 2.17. The van der Waals surface area contributed by atoms with Gasteiger partial charge in [0.1, 0.15) is 0 Å². The average molecular weight is 230 g/mol. The highest BCUT2D eigenvalue weighted by Crippen LogP contribution is 2.28. The van der Waals surface area contributed by atoms with Crippen LogP contribution in [0.2, 0.25) is 0 Å². The Morgan fingerprint density at radius 2 is 2.27 bits per heavy atom. The van der Waals surface area contributed by atoms with Crippen LogP contribution in [0.4, 0.5) is 5.69 Å². The molecule has 0 radical (unpaired) electrons. The van der Waals surface area contributed by atoms with Crippen LogP contribution < -0.4 is 4.74 Å². The van der Waals surface area contributed by atoms with Crippen molar-refractivity contribution >= 4 is 22.5 Å². The zero-order chi connectivity index (χ0) is 11.4. The summed E-state index contributed by atoms with van der Waals surface area (Å²) in [6.45, 7) is 1.97. The van der Waals surface area contributed by atoms with Gasteiger partial charge in [-0.15, -0.1) is 0 Å². The molecule has 0 bridgehead atoms. The Bertz CT molecular complexity index is 405. The van der Waals surface area contributed by atoms with Crippen molar-refractivity contribution in [1.29, 1.82) is 0 Å². The minimum atomic E-state index is -0.675. The molecule has 0 amide bonds. The number of rotatable bonds is 4. The maximum absolute atomic E-state index is 10.8. The molecular weight excluding hydrogens is 222 g/mol. The summed E-state index contributed by atoms with van der Waals surface area (Å²) < 4.78 is 5.04. The van der Waals surface area contributed by atoms with Crippen molar-refractivity contribution in [3.05, 3.63) is 33.9 Å². The SMILES string of the molecule is CCOc1cc(C(=O)Cl)ccc1[N+](=O)[O-]. The smallest absolute Gasteiger partial charge is 0.310 e. The molecule has 1 aromatic rings. The minimum Gasteiger partial charge on any atom is -0.487 e. The van der Waals surface area contributed by atoms with E-state index >= 15 is 0 Å². The molecule has 0 unspecified atom stereocenters. The van der Waals surface area contributed by atoms with Crippen LogP contribution in [0, 0.1) is 10.1 Å². The number of benzene rings is 1. The first-order valence-corrected chi connectivity index (χ1v) is 4.55. The van der Waals surface area contributed by atoms with Gasteiger partial charge in [-0.25, -0.2) is 0 Å². The molecule has 1 aromatic carbocycles. The fraction of sp³-hybridized carbons (Fsp3) is 0.222. The van der Waals surface area contributed by atoms with Crippen LogP contribution in [0.15, 0.2) is 18.2 Å². The number of nitro groups is 1. The molecule has 0 heterocycles. The Morgan fingerprint density at radius 3 is 2.73 bits per heavy atom. The van der Waals surface area contributed by atoms with E-state index in [-0.39, 0.29) is 23.6 Å². The summed E-state index contributed by atoms with van der Waals surface area (Å²) in [5.41, 5.74) is -0.00997. The second-order valence-corrected chi connectivity index (χ2v) is 2.99. The summed E-state index contributed by atoms with van der Waals surface area (Å²) in [7, 11) is 0. The predicted octanol–water partition coefficient (Wildman–Crippen LogP) is 2.37. The van der Waals surface area contributed by atoms with Crippen LogP contribution in [-0.2, 0) is 0 Å². The van der Waals surface area contributed by atoms with Crippen molar-refractivity contribution in [3.8, 4) is 5.75 Å². The van der Waals surface area contributed by atoms with Crippen LogP contribution in [0.25, 0.3) is 0 Å². The van der Waals surface area contributed by atoms with Gasteiger partial charge in [0, 0.05) is 11.6 Å². The number of nitro benzene ring substituents is 1. The summed E-state index contributed by atoms with van der Waals surface area (Å²) in [6.07, 6.45) is 0. The molecule has 0 saturated heterocycles. The molecule has 0 aliphatic rings. The zero-order valence-corrected chi connectivity index (χ0v) is 8.65. The lowest BCUT2D eigenvalue weighted by Gasteiger charge is -2.04. The van der Waals surface area contributed by atoms with Crippen molar-refractivity contribution in [1.82, 2.24) is 0 Å². The molecule has 0 spiro atoms. The van der Waals surface area contributed by atoms with Crippen molar-refractivity contribution < 1.29 is 14.5 Å². The fourth-order valence-electron chi connectivity index (χ4n) is 1.06. The lowest BCUT2D eigenvalue weighted by Crippen LogP contribution is -1.99. The van der Waals surface area contributed by atoms with Gasteiger partial charge in [0.15, 0.2) is 5.75 Å². The predicted molar refractivity (Wildman–Crippen MR) is 54.4 cm³/mol. The van der Waals surface area contributed by atoms with Crippen LogP contribution in [0.1, 0.15) is 17.3 Å². The van der Waals surface area contributed by atoms with Crippen LogP contribution in [0.5, 0.6) is 5.75 Å². The number of carbonyl (C=O) groups excluding carboxylic acids is 1. The molecule has 5 nitrogen and oxygen atoms in total. The van der Waals surface area contributed by atoms with Crippen molar-refractivity contribution in [2.75, 3.05) is 6.61 Å². The number of ether oxygens (including phenoxy) is 1. The van der Waals surface area contributed by atoms with Crippen LogP contribution in [-0.4, -0.2) is 16.8 Å². The number of hydrogen-bond donors (Lipinski definition) is 0. The van der Waals surface area contributed by atoms with Crippen molar-refractivity contribution in [2.24, 2.45) is 0 Å². The fourth-order valence-corrected chi connectivity index (χ4v) is 1.18. The van der Waals surface area contributed by atoms with E-state index in [4.69, 9.17) is 16.3 Å². The zero-order valence-electron chi connectivity index (χ0n) is 7.90. The van der Waals surface area contributed by atoms with Gasteiger partial charge in [-0.3, -0.25) is 14.9 Å². The Kier molecular flexibility index (Phi) is 3.62. The lowest BCUT2D eigenvalue weighted by atomic mass is 10.2. The minimum absolute atomic E-state index is 0.0500. The second kappa shape index (κ2) is 4.75. The molecule has 0 aliphatic carbocycles. The highest BCUT2D eigenvalue weighted by molar-refractivity contribution is 6.67. The molecule has 0 saturated carbocycles. The third-order valence-corrected chi connectivity index (χ3v) is 1.90. The maximum atomic E-state index is 10.8. The van der Waals surface area contributed by atoms with Gasteiger partial charge in [0.2, 0.25) is 0 Å². The topological polar surface area (TPSA) is 69.4 Å². The van der Waals surface area contributed by atoms with Gasteiger partial charge in [-0.1, -0.05) is 0 Å². The van der Waals surface area contributed by atoms with Gasteiger partial charge < -0.3 is 4.74 Å². The molecule has 1 rings (SSSR count). The molecular formula is C9H8ClNO4. The largest absolute Gasteiger partial charge is 0.487 e. The van der Waals surface area contributed by atoms with E-state index in [9.17, 15) is 14.9 Å². The van der Waals surface area contributed by atoms with Gasteiger partial charge in [-0.2, -0.15) is 0 Å². The first-order chi connectivity index (χ1) is 7.06. The molecule has 80 valence electrons. The summed E-state index contributed by atoms with van der Waals surface area (Å²) in [5, 5.41) is 9.91. The highest BCUT2D eigenvalue weighted by atomic mass is 35.5. The van der Waals surface area contributed by atoms with E-state index in [0.717, 1.165) is 0 Å².